The summed E-state index contributed by atoms with van der Waals surface area (Å²) in [5.41, 5.74) is 1.07. The highest BCUT2D eigenvalue weighted by atomic mass is 35.5. The lowest BCUT2D eigenvalue weighted by atomic mass is 9.85. The number of benzene rings is 2. The van der Waals surface area contributed by atoms with Gasteiger partial charge in [0.25, 0.3) is 0 Å². The highest BCUT2D eigenvalue weighted by Crippen LogP contribution is 2.39. The van der Waals surface area contributed by atoms with E-state index in [0.29, 0.717) is 22.3 Å². The first-order chi connectivity index (χ1) is 12.5. The zero-order valence-corrected chi connectivity index (χ0v) is 15.7. The molecule has 1 fully saturated rings. The molecule has 1 N–H and O–H groups in total. The Balaban J connectivity index is 1.49. The molecule has 2 aromatic carbocycles. The molecule has 1 saturated heterocycles. The van der Waals surface area contributed by atoms with Crippen LogP contribution in [0.2, 0.25) is 10.0 Å². The van der Waals surface area contributed by atoms with Gasteiger partial charge in [0.05, 0.1) is 15.6 Å². The molecular formula is C19H18Cl2N2O3. The number of para-hydroxylation sites is 1. The van der Waals surface area contributed by atoms with Crippen molar-refractivity contribution in [3.05, 3.63) is 52.0 Å². The number of nitrogens with one attached hydrogen (secondary N) is 1. The lowest BCUT2D eigenvalue weighted by Gasteiger charge is -2.49. The maximum atomic E-state index is 12.9. The number of anilines is 1. The van der Waals surface area contributed by atoms with Crippen molar-refractivity contribution < 1.29 is 14.3 Å². The van der Waals surface area contributed by atoms with Crippen LogP contribution in [-0.2, 0) is 11.3 Å². The van der Waals surface area contributed by atoms with E-state index in [4.69, 9.17) is 32.7 Å². The number of carbonyl (C=O) groups is 1. The Bertz CT molecular complexity index is 874. The molecule has 4 rings (SSSR count). The van der Waals surface area contributed by atoms with Crippen LogP contribution in [0.1, 0.15) is 18.9 Å². The van der Waals surface area contributed by atoms with Crippen LogP contribution in [0.3, 0.4) is 0 Å². The molecule has 136 valence electrons. The maximum absolute atomic E-state index is 12.9. The van der Waals surface area contributed by atoms with Gasteiger partial charge in [-0.1, -0.05) is 35.3 Å². The van der Waals surface area contributed by atoms with Crippen LogP contribution in [0.5, 0.6) is 11.5 Å². The van der Waals surface area contributed by atoms with Crippen molar-refractivity contribution in [2.75, 3.05) is 18.7 Å². The van der Waals surface area contributed by atoms with E-state index in [1.54, 1.807) is 18.2 Å². The molecule has 2 aliphatic heterocycles. The van der Waals surface area contributed by atoms with Crippen LogP contribution < -0.4 is 14.8 Å². The molecule has 2 aliphatic rings. The molecule has 0 aliphatic carbocycles. The number of hydrogen-bond acceptors (Lipinski definition) is 4. The van der Waals surface area contributed by atoms with Gasteiger partial charge in [-0.15, -0.1) is 0 Å². The van der Waals surface area contributed by atoms with E-state index in [2.05, 4.69) is 10.2 Å². The number of carbonyl (C=O) groups excluding carboxylic acids is 1. The smallest absolute Gasteiger partial charge is 0.244 e. The third kappa shape index (κ3) is 3.00. The number of fused-ring (bicyclic) bond motifs is 1. The van der Waals surface area contributed by atoms with E-state index >= 15 is 0 Å². The second kappa shape index (κ2) is 6.65. The molecule has 5 nitrogen and oxygen atoms in total. The summed E-state index contributed by atoms with van der Waals surface area (Å²) in [5, 5.41) is 3.81. The van der Waals surface area contributed by atoms with Gasteiger partial charge in [0.2, 0.25) is 12.7 Å². The number of likely N-dealkylation sites (tertiary alicyclic amines) is 1. The van der Waals surface area contributed by atoms with Crippen molar-refractivity contribution in [2.24, 2.45) is 0 Å². The zero-order chi connectivity index (χ0) is 18.3. The Morgan fingerprint density at radius 3 is 2.81 bits per heavy atom. The van der Waals surface area contributed by atoms with Gasteiger partial charge in [-0.3, -0.25) is 9.69 Å². The zero-order valence-electron chi connectivity index (χ0n) is 14.2. The monoisotopic (exact) mass is 392 g/mol. The molecule has 1 unspecified atom stereocenters. The van der Waals surface area contributed by atoms with Crippen LogP contribution in [0.4, 0.5) is 5.69 Å². The number of amides is 1. The van der Waals surface area contributed by atoms with E-state index in [-0.39, 0.29) is 12.7 Å². The molecule has 2 aromatic rings. The highest BCUT2D eigenvalue weighted by molar-refractivity contribution is 6.42. The Hall–Kier alpha value is -1.95. The van der Waals surface area contributed by atoms with E-state index < -0.39 is 5.54 Å². The molecule has 0 aromatic heterocycles. The Labute approximate surface area is 161 Å². The summed E-state index contributed by atoms with van der Waals surface area (Å²) in [6, 6.07) is 10.9. The fourth-order valence-corrected chi connectivity index (χ4v) is 3.57. The fraction of sp³-hybridized carbons (Fsp3) is 0.316. The molecule has 1 amide bonds. The molecule has 0 radical (unpaired) electrons. The van der Waals surface area contributed by atoms with Crippen LogP contribution in [-0.4, -0.2) is 29.7 Å². The lowest BCUT2D eigenvalue weighted by Crippen LogP contribution is -2.63. The number of ether oxygens (including phenoxy) is 2. The number of nitrogens with zero attached hydrogens (tertiary/aromatic N) is 1. The van der Waals surface area contributed by atoms with Crippen molar-refractivity contribution in [3.8, 4) is 11.5 Å². The van der Waals surface area contributed by atoms with E-state index in [1.807, 2.05) is 25.1 Å². The van der Waals surface area contributed by atoms with Crippen molar-refractivity contribution in [1.29, 1.82) is 0 Å². The van der Waals surface area contributed by atoms with E-state index in [1.165, 1.54) is 0 Å². The van der Waals surface area contributed by atoms with Gasteiger partial charge >= 0.3 is 0 Å². The second-order valence-corrected chi connectivity index (χ2v) is 7.49. The quantitative estimate of drug-likeness (QED) is 0.841. The van der Waals surface area contributed by atoms with Gasteiger partial charge in [-0.2, -0.15) is 0 Å². The van der Waals surface area contributed by atoms with Gasteiger partial charge < -0.3 is 14.8 Å². The minimum absolute atomic E-state index is 0.0631. The summed E-state index contributed by atoms with van der Waals surface area (Å²) in [7, 11) is 0. The third-order valence-corrected chi connectivity index (χ3v) is 5.81. The Morgan fingerprint density at radius 1 is 1.23 bits per heavy atom. The standard InChI is InChI=1S/C19H18Cl2N2O3/c1-19(18(24)22-13-5-6-14(20)15(21)9-13)7-8-23(19)10-12-3-2-4-16-17(12)26-11-25-16/h2-6,9H,7-8,10-11H2,1H3,(H,22,24). The molecular weight excluding hydrogens is 375 g/mol. The van der Waals surface area contributed by atoms with Crippen molar-refractivity contribution >= 4 is 34.8 Å². The van der Waals surface area contributed by atoms with Gasteiger partial charge in [-0.05, 0) is 37.6 Å². The predicted molar refractivity (Wildman–Crippen MR) is 101 cm³/mol. The molecule has 0 saturated carbocycles. The normalized spacial score (nSPS) is 21.3. The summed E-state index contributed by atoms with van der Waals surface area (Å²) in [5.74, 6) is 1.46. The first kappa shape index (κ1) is 17.5. The van der Waals surface area contributed by atoms with Gasteiger partial charge in [0.15, 0.2) is 11.5 Å². The SMILES string of the molecule is CC1(C(=O)Nc2ccc(Cl)c(Cl)c2)CCN1Cc1cccc2c1OCO2. The molecule has 1 atom stereocenters. The van der Waals surface area contributed by atoms with E-state index in [9.17, 15) is 4.79 Å². The van der Waals surface area contributed by atoms with Crippen molar-refractivity contribution in [2.45, 2.75) is 25.4 Å². The molecule has 7 heteroatoms. The topological polar surface area (TPSA) is 50.8 Å². The Morgan fingerprint density at radius 2 is 2.08 bits per heavy atom. The summed E-state index contributed by atoms with van der Waals surface area (Å²) in [6.07, 6.45) is 0.784. The second-order valence-electron chi connectivity index (χ2n) is 6.68. The van der Waals surface area contributed by atoms with E-state index in [0.717, 1.165) is 30.0 Å². The lowest BCUT2D eigenvalue weighted by molar-refractivity contribution is -0.136. The first-order valence-corrected chi connectivity index (χ1v) is 9.12. The van der Waals surface area contributed by atoms with Gasteiger partial charge in [0.1, 0.15) is 0 Å². The molecule has 2 heterocycles. The fourth-order valence-electron chi connectivity index (χ4n) is 3.28. The Kier molecular flexibility index (Phi) is 4.47. The minimum Gasteiger partial charge on any atom is -0.454 e. The van der Waals surface area contributed by atoms with Crippen LogP contribution >= 0.6 is 23.2 Å². The number of halogens is 2. The number of rotatable bonds is 4. The highest BCUT2D eigenvalue weighted by Gasteiger charge is 2.47. The molecule has 0 spiro atoms. The van der Waals surface area contributed by atoms with Gasteiger partial charge in [0, 0.05) is 24.3 Å². The largest absolute Gasteiger partial charge is 0.454 e. The van der Waals surface area contributed by atoms with Gasteiger partial charge in [-0.25, -0.2) is 0 Å². The predicted octanol–water partition coefficient (Wildman–Crippen LogP) is 4.33. The maximum Gasteiger partial charge on any atom is 0.244 e. The summed E-state index contributed by atoms with van der Waals surface area (Å²) in [4.78, 5) is 15.0. The third-order valence-electron chi connectivity index (χ3n) is 5.07. The summed E-state index contributed by atoms with van der Waals surface area (Å²) < 4.78 is 11.0. The summed E-state index contributed by atoms with van der Waals surface area (Å²) in [6.45, 7) is 3.65. The first-order valence-electron chi connectivity index (χ1n) is 8.36. The minimum atomic E-state index is -0.589. The summed E-state index contributed by atoms with van der Waals surface area (Å²) >= 11 is 12.0. The molecule has 26 heavy (non-hydrogen) atoms. The van der Waals surface area contributed by atoms with Crippen molar-refractivity contribution in [3.63, 3.8) is 0 Å². The van der Waals surface area contributed by atoms with Crippen LogP contribution in [0.15, 0.2) is 36.4 Å². The van der Waals surface area contributed by atoms with Crippen LogP contribution in [0, 0.1) is 0 Å². The van der Waals surface area contributed by atoms with Crippen molar-refractivity contribution in [1.82, 2.24) is 4.90 Å². The van der Waals surface area contributed by atoms with Crippen LogP contribution in [0.25, 0.3) is 0 Å². The average Bonchev–Trinajstić information content (AvgIpc) is 3.10. The molecule has 0 bridgehead atoms. The number of hydrogen-bond donors (Lipinski definition) is 1. The average molecular weight is 393 g/mol.